The second kappa shape index (κ2) is 8.73. The molecule has 28 heavy (non-hydrogen) atoms. The van der Waals surface area contributed by atoms with Crippen molar-refractivity contribution in [3.63, 3.8) is 0 Å². The zero-order chi connectivity index (χ0) is 20.1. The molecule has 0 unspecified atom stereocenters. The van der Waals surface area contributed by atoms with Crippen LogP contribution in [0.4, 0.5) is 0 Å². The number of ether oxygens (including phenoxy) is 2. The standard InChI is InChI=1S/C21H24N2O5/c1-3-27-19(25)10-9-18(24)23-12-11-15-14-7-5-6-8-17(14)22-20(15)16(13-23)21(26)28-4-2/h5-8,13,22H,3-4,9-12H2,1-2H3. The maximum atomic E-state index is 12.6. The van der Waals surface area contributed by atoms with Crippen LogP contribution in [0.15, 0.2) is 30.5 Å². The van der Waals surface area contributed by atoms with E-state index in [4.69, 9.17) is 9.47 Å². The van der Waals surface area contributed by atoms with Gasteiger partial charge in [0.05, 0.1) is 30.9 Å². The molecule has 1 amide bonds. The highest BCUT2D eigenvalue weighted by Crippen LogP contribution is 2.31. The first-order chi connectivity index (χ1) is 13.5. The van der Waals surface area contributed by atoms with Crippen LogP contribution in [0.25, 0.3) is 16.5 Å². The van der Waals surface area contributed by atoms with E-state index in [-0.39, 0.29) is 32.0 Å². The first-order valence-corrected chi connectivity index (χ1v) is 9.49. The monoisotopic (exact) mass is 384 g/mol. The molecule has 0 aliphatic carbocycles. The number of aromatic amines is 1. The number of esters is 2. The van der Waals surface area contributed by atoms with Crippen LogP contribution in [-0.2, 0) is 30.3 Å². The molecule has 3 rings (SSSR count). The highest BCUT2D eigenvalue weighted by molar-refractivity contribution is 6.18. The van der Waals surface area contributed by atoms with Gasteiger partial charge in [0.2, 0.25) is 5.91 Å². The number of rotatable bonds is 6. The normalized spacial score (nSPS) is 13.5. The number of para-hydroxylation sites is 1. The van der Waals surface area contributed by atoms with Crippen molar-refractivity contribution in [1.82, 2.24) is 9.88 Å². The Morgan fingerprint density at radius 1 is 1.07 bits per heavy atom. The van der Waals surface area contributed by atoms with E-state index >= 15 is 0 Å². The van der Waals surface area contributed by atoms with E-state index in [1.54, 1.807) is 13.8 Å². The Bertz CT molecular complexity index is 928. The van der Waals surface area contributed by atoms with Crippen molar-refractivity contribution in [2.75, 3.05) is 19.8 Å². The minimum atomic E-state index is -0.486. The summed E-state index contributed by atoms with van der Waals surface area (Å²) in [6, 6.07) is 7.81. The Morgan fingerprint density at radius 3 is 2.57 bits per heavy atom. The summed E-state index contributed by atoms with van der Waals surface area (Å²) in [5.41, 5.74) is 2.91. The lowest BCUT2D eigenvalue weighted by Gasteiger charge is -2.17. The number of fused-ring (bicyclic) bond motifs is 3. The topological polar surface area (TPSA) is 88.7 Å². The molecule has 1 N–H and O–H groups in total. The minimum Gasteiger partial charge on any atom is -0.466 e. The van der Waals surface area contributed by atoms with Gasteiger partial charge in [-0.25, -0.2) is 4.79 Å². The van der Waals surface area contributed by atoms with E-state index < -0.39 is 11.9 Å². The number of H-pyrrole nitrogens is 1. The van der Waals surface area contributed by atoms with E-state index in [1.807, 2.05) is 24.3 Å². The molecule has 7 nitrogen and oxygen atoms in total. The lowest BCUT2D eigenvalue weighted by molar-refractivity contribution is -0.145. The summed E-state index contributed by atoms with van der Waals surface area (Å²) in [5, 5.41) is 1.02. The molecule has 2 aromatic rings. The molecule has 7 heteroatoms. The molecule has 0 saturated heterocycles. The molecule has 1 aromatic carbocycles. The molecule has 1 aliphatic rings. The molecule has 0 fully saturated rings. The molecule has 2 heterocycles. The van der Waals surface area contributed by atoms with Crippen molar-refractivity contribution in [3.8, 4) is 0 Å². The lowest BCUT2D eigenvalue weighted by atomic mass is 10.0. The maximum absolute atomic E-state index is 12.6. The van der Waals surface area contributed by atoms with Crippen LogP contribution < -0.4 is 0 Å². The summed E-state index contributed by atoms with van der Waals surface area (Å²) in [4.78, 5) is 41.6. The Hall–Kier alpha value is -3.09. The number of hydrogen-bond acceptors (Lipinski definition) is 5. The van der Waals surface area contributed by atoms with Crippen molar-refractivity contribution in [2.24, 2.45) is 0 Å². The van der Waals surface area contributed by atoms with E-state index in [9.17, 15) is 14.4 Å². The highest BCUT2D eigenvalue weighted by Gasteiger charge is 2.27. The van der Waals surface area contributed by atoms with Crippen LogP contribution in [-0.4, -0.2) is 47.5 Å². The fourth-order valence-electron chi connectivity index (χ4n) is 3.35. The van der Waals surface area contributed by atoms with Crippen LogP contribution in [0.2, 0.25) is 0 Å². The second-order valence-corrected chi connectivity index (χ2v) is 6.43. The van der Waals surface area contributed by atoms with Crippen molar-refractivity contribution in [1.29, 1.82) is 0 Å². The summed E-state index contributed by atoms with van der Waals surface area (Å²) in [6.45, 7) is 4.40. The van der Waals surface area contributed by atoms with Gasteiger partial charge in [0.1, 0.15) is 0 Å². The summed E-state index contributed by atoms with van der Waals surface area (Å²) in [7, 11) is 0. The number of carbonyl (C=O) groups excluding carboxylic acids is 3. The van der Waals surface area contributed by atoms with Crippen molar-refractivity contribution in [3.05, 3.63) is 41.7 Å². The number of nitrogens with one attached hydrogen (secondary N) is 1. The Labute approximate surface area is 163 Å². The van der Waals surface area contributed by atoms with Gasteiger partial charge in [-0.3, -0.25) is 9.59 Å². The lowest BCUT2D eigenvalue weighted by Crippen LogP contribution is -2.28. The van der Waals surface area contributed by atoms with Crippen LogP contribution in [0.1, 0.15) is 37.9 Å². The summed E-state index contributed by atoms with van der Waals surface area (Å²) in [5.74, 6) is -1.12. The maximum Gasteiger partial charge on any atom is 0.341 e. The van der Waals surface area contributed by atoms with Gasteiger partial charge in [0.15, 0.2) is 0 Å². The van der Waals surface area contributed by atoms with E-state index in [0.717, 1.165) is 16.5 Å². The van der Waals surface area contributed by atoms with Gasteiger partial charge in [-0.05, 0) is 31.9 Å². The third-order valence-electron chi connectivity index (χ3n) is 4.63. The molecular weight excluding hydrogens is 360 g/mol. The summed E-state index contributed by atoms with van der Waals surface area (Å²) < 4.78 is 10.1. The van der Waals surface area contributed by atoms with Crippen LogP contribution in [0, 0.1) is 0 Å². The van der Waals surface area contributed by atoms with Gasteiger partial charge in [-0.2, -0.15) is 0 Å². The quantitative estimate of drug-likeness (QED) is 0.774. The smallest absolute Gasteiger partial charge is 0.341 e. The van der Waals surface area contributed by atoms with Gasteiger partial charge in [0, 0.05) is 30.1 Å². The zero-order valence-electron chi connectivity index (χ0n) is 16.1. The van der Waals surface area contributed by atoms with E-state index in [0.29, 0.717) is 24.2 Å². The highest BCUT2D eigenvalue weighted by atomic mass is 16.5. The number of nitrogens with zero attached hydrogens (tertiary/aromatic N) is 1. The average Bonchev–Trinajstić information content (AvgIpc) is 2.94. The number of hydrogen-bond donors (Lipinski definition) is 1. The number of amides is 1. The van der Waals surface area contributed by atoms with Gasteiger partial charge < -0.3 is 19.4 Å². The SMILES string of the molecule is CCOC(=O)CCC(=O)N1C=C(C(=O)OCC)c2[nH]c3ccccc3c2CC1. The molecule has 0 atom stereocenters. The molecule has 0 bridgehead atoms. The largest absolute Gasteiger partial charge is 0.466 e. The third-order valence-corrected chi connectivity index (χ3v) is 4.63. The number of aromatic nitrogens is 1. The average molecular weight is 384 g/mol. The molecule has 1 aliphatic heterocycles. The van der Waals surface area contributed by atoms with Crippen molar-refractivity contribution >= 4 is 34.3 Å². The predicted molar refractivity (Wildman–Crippen MR) is 104 cm³/mol. The fraction of sp³-hybridized carbons (Fsp3) is 0.381. The Kier molecular flexibility index (Phi) is 6.13. The van der Waals surface area contributed by atoms with E-state index in [2.05, 4.69) is 4.98 Å². The molecular formula is C21H24N2O5. The van der Waals surface area contributed by atoms with Gasteiger partial charge in [-0.15, -0.1) is 0 Å². The predicted octanol–water partition coefficient (Wildman–Crippen LogP) is 2.80. The first kappa shape index (κ1) is 19.7. The summed E-state index contributed by atoms with van der Waals surface area (Å²) in [6.07, 6.45) is 2.16. The van der Waals surface area contributed by atoms with Crippen LogP contribution in [0.5, 0.6) is 0 Å². The van der Waals surface area contributed by atoms with Crippen molar-refractivity contribution < 1.29 is 23.9 Å². The second-order valence-electron chi connectivity index (χ2n) is 6.43. The van der Waals surface area contributed by atoms with Crippen LogP contribution >= 0.6 is 0 Å². The number of carbonyl (C=O) groups is 3. The van der Waals surface area contributed by atoms with Gasteiger partial charge in [0.25, 0.3) is 0 Å². The molecule has 0 saturated carbocycles. The third kappa shape index (κ3) is 4.08. The molecule has 0 spiro atoms. The zero-order valence-corrected chi connectivity index (χ0v) is 16.1. The molecule has 1 aromatic heterocycles. The fourth-order valence-corrected chi connectivity index (χ4v) is 3.35. The Balaban J connectivity index is 1.91. The van der Waals surface area contributed by atoms with E-state index in [1.165, 1.54) is 11.1 Å². The van der Waals surface area contributed by atoms with Gasteiger partial charge in [-0.1, -0.05) is 18.2 Å². The first-order valence-electron chi connectivity index (χ1n) is 9.49. The van der Waals surface area contributed by atoms with Crippen LogP contribution in [0.3, 0.4) is 0 Å². The Morgan fingerprint density at radius 2 is 1.82 bits per heavy atom. The van der Waals surface area contributed by atoms with Crippen molar-refractivity contribution in [2.45, 2.75) is 33.1 Å². The molecule has 0 radical (unpaired) electrons. The number of benzene rings is 1. The van der Waals surface area contributed by atoms with Gasteiger partial charge >= 0.3 is 11.9 Å². The summed E-state index contributed by atoms with van der Waals surface area (Å²) >= 11 is 0. The minimum absolute atomic E-state index is 0.0139. The molecule has 148 valence electrons.